The Morgan fingerprint density at radius 3 is 2.31 bits per heavy atom. The molecule has 3 aromatic carbocycles. The van der Waals surface area contributed by atoms with Crippen molar-refractivity contribution in [2.24, 2.45) is 17.8 Å². The van der Waals surface area contributed by atoms with Gasteiger partial charge in [-0.25, -0.2) is 0 Å². The zero-order chi connectivity index (χ0) is 32.8. The fourth-order valence-electron chi connectivity index (χ4n) is 7.70. The predicted molar refractivity (Wildman–Crippen MR) is 184 cm³/mol. The summed E-state index contributed by atoms with van der Waals surface area (Å²) in [5, 5.41) is 8.65. The van der Waals surface area contributed by atoms with Crippen LogP contribution in [-0.2, 0) is 20.9 Å². The molecule has 48 heavy (non-hydrogen) atoms. The lowest BCUT2D eigenvalue weighted by Crippen LogP contribution is -2.51. The van der Waals surface area contributed by atoms with E-state index in [1.807, 2.05) is 71.6 Å². The summed E-state index contributed by atoms with van der Waals surface area (Å²) in [4.78, 5) is 28.2. The number of morpholine rings is 1. The number of ether oxygens (including phenoxy) is 2. The van der Waals surface area contributed by atoms with Crippen molar-refractivity contribution in [3.05, 3.63) is 93.7 Å². The predicted octanol–water partition coefficient (Wildman–Crippen LogP) is 8.24. The molecule has 4 aromatic rings. The van der Waals surface area contributed by atoms with Gasteiger partial charge in [0.25, 0.3) is 5.91 Å². The summed E-state index contributed by atoms with van der Waals surface area (Å²) in [5.41, 5.74) is 5.68. The third-order valence-electron chi connectivity index (χ3n) is 10.4. The summed E-state index contributed by atoms with van der Waals surface area (Å²) >= 11 is 13.1. The van der Waals surface area contributed by atoms with Crippen molar-refractivity contribution in [2.75, 3.05) is 31.6 Å². The number of anilines is 1. The fraction of sp³-hybridized carbons (Fsp3) is 0.395. The average Bonchev–Trinajstić information content (AvgIpc) is 3.87. The second kappa shape index (κ2) is 13.3. The first-order valence-corrected chi connectivity index (χ1v) is 17.6. The number of hydrogen-bond acceptors (Lipinski definition) is 6. The van der Waals surface area contributed by atoms with E-state index in [0.717, 1.165) is 60.2 Å². The second-order valence-electron chi connectivity index (χ2n) is 13.5. The van der Waals surface area contributed by atoms with E-state index >= 15 is 0 Å². The van der Waals surface area contributed by atoms with E-state index in [-0.39, 0.29) is 35.7 Å². The molecule has 4 saturated carbocycles. The lowest BCUT2D eigenvalue weighted by atomic mass is 9.56. The number of amides is 2. The molecule has 8 nitrogen and oxygen atoms in total. The van der Waals surface area contributed by atoms with Gasteiger partial charge in [0.2, 0.25) is 5.91 Å². The van der Waals surface area contributed by atoms with Gasteiger partial charge < -0.3 is 24.2 Å². The summed E-state index contributed by atoms with van der Waals surface area (Å²) in [5.74, 6) is 1.89. The molecule has 1 saturated heterocycles. The van der Waals surface area contributed by atoms with Gasteiger partial charge in [-0.05, 0) is 91.5 Å². The second-order valence-corrected chi connectivity index (χ2v) is 14.3. The van der Waals surface area contributed by atoms with Gasteiger partial charge in [0, 0.05) is 47.3 Å². The van der Waals surface area contributed by atoms with Crippen LogP contribution in [-0.4, -0.2) is 54.3 Å². The van der Waals surface area contributed by atoms with Crippen LogP contribution in [0.3, 0.4) is 0 Å². The summed E-state index contributed by atoms with van der Waals surface area (Å²) in [7, 11) is 0. The first-order valence-electron chi connectivity index (χ1n) is 16.9. The first-order chi connectivity index (χ1) is 23.4. The van der Waals surface area contributed by atoms with Crippen molar-refractivity contribution >= 4 is 40.7 Å². The highest BCUT2D eigenvalue weighted by Gasteiger charge is 2.51. The number of nitrogens with zero attached hydrogens (tertiary/aromatic N) is 2. The Labute approximate surface area is 289 Å². The van der Waals surface area contributed by atoms with Crippen molar-refractivity contribution in [1.29, 1.82) is 0 Å². The molecule has 2 bridgehead atoms. The van der Waals surface area contributed by atoms with Crippen molar-refractivity contribution in [2.45, 2.75) is 50.7 Å². The number of aromatic nitrogens is 1. The minimum atomic E-state index is -0.0194. The Hall–Kier alpha value is -3.69. The Morgan fingerprint density at radius 2 is 1.60 bits per heavy atom. The summed E-state index contributed by atoms with van der Waals surface area (Å²) in [6, 6.07) is 21.0. The monoisotopic (exact) mass is 685 g/mol. The summed E-state index contributed by atoms with van der Waals surface area (Å²) < 4.78 is 17.7. The van der Waals surface area contributed by atoms with E-state index in [9.17, 15) is 9.59 Å². The molecular weight excluding hydrogens is 649 g/mol. The van der Waals surface area contributed by atoms with Crippen LogP contribution in [0, 0.1) is 17.8 Å². The zero-order valence-electron chi connectivity index (χ0n) is 26.5. The molecule has 1 N–H and O–H groups in total. The highest BCUT2D eigenvalue weighted by molar-refractivity contribution is 6.39. The van der Waals surface area contributed by atoms with Crippen LogP contribution in [0.5, 0.6) is 0 Å². The number of hydrogen-bond donors (Lipinski definition) is 1. The summed E-state index contributed by atoms with van der Waals surface area (Å²) in [6.07, 6.45) is 4.96. The molecule has 2 unspecified atom stereocenters. The van der Waals surface area contributed by atoms with Gasteiger partial charge in [-0.3, -0.25) is 9.59 Å². The smallest absolute Gasteiger partial charge is 0.254 e. The Kier molecular flexibility index (Phi) is 8.76. The van der Waals surface area contributed by atoms with E-state index in [1.54, 1.807) is 0 Å². The molecule has 9 rings (SSSR count). The number of benzene rings is 3. The number of fused-ring (bicyclic) bond motifs is 2. The van der Waals surface area contributed by atoms with Crippen LogP contribution in [0.2, 0.25) is 10.0 Å². The number of nitrogens with one attached hydrogen (secondary N) is 1. The Bertz CT molecular complexity index is 1800. The van der Waals surface area contributed by atoms with Gasteiger partial charge in [0.15, 0.2) is 0 Å². The van der Waals surface area contributed by atoms with Gasteiger partial charge in [0.1, 0.15) is 11.5 Å². The number of rotatable bonds is 9. The molecule has 1 aromatic heterocycles. The number of carbonyl (C=O) groups excluding carboxylic acids is 2. The van der Waals surface area contributed by atoms with Crippen LogP contribution >= 0.6 is 23.2 Å². The van der Waals surface area contributed by atoms with Crippen molar-refractivity contribution in [1.82, 2.24) is 10.1 Å². The van der Waals surface area contributed by atoms with Crippen molar-refractivity contribution < 1.29 is 23.6 Å². The molecule has 248 valence electrons. The maximum absolute atomic E-state index is 13.5. The van der Waals surface area contributed by atoms with Crippen molar-refractivity contribution in [3.63, 3.8) is 0 Å². The standard InChI is InChI=1S/C38H37Cl2N3O5/c39-31-5-2-6-32(40)34(31)35-30(36(48-42-35)23-9-10-23)21-47-29-19-26-17-27(20-29)33(26)37(44)41-28-4-1-3-25(18-28)22-7-11-24(12-8-22)38(45)43-13-15-46-16-14-43/h1-8,11-12,18,23,26-27,29,33H,9-10,13-17,19-21H2,(H,41,44). The third-order valence-corrected chi connectivity index (χ3v) is 11.0. The van der Waals surface area contributed by atoms with E-state index in [4.69, 9.17) is 37.2 Å². The topological polar surface area (TPSA) is 93.9 Å². The normalized spacial score (nSPS) is 23.4. The minimum absolute atomic E-state index is 0.0194. The molecular formula is C38H37Cl2N3O5. The third kappa shape index (κ3) is 6.27. The Balaban J connectivity index is 0.887. The molecule has 5 fully saturated rings. The molecule has 4 aliphatic carbocycles. The molecule has 0 spiro atoms. The van der Waals surface area contributed by atoms with E-state index in [0.29, 0.717) is 65.7 Å². The molecule has 2 amide bonds. The summed E-state index contributed by atoms with van der Waals surface area (Å²) in [6.45, 7) is 2.76. The SMILES string of the molecule is O=C(Nc1cccc(-c2ccc(C(=O)N3CCOCC3)cc2)c1)C1C2CC(OCc3c(-c4c(Cl)cccc4Cl)noc3C3CC3)CC1C2. The zero-order valence-corrected chi connectivity index (χ0v) is 28.0. The molecule has 1 aliphatic heterocycles. The van der Waals surface area contributed by atoms with Gasteiger partial charge in [-0.2, -0.15) is 0 Å². The van der Waals surface area contributed by atoms with Gasteiger partial charge in [-0.1, -0.05) is 58.7 Å². The maximum atomic E-state index is 13.5. The van der Waals surface area contributed by atoms with Crippen molar-refractivity contribution in [3.8, 4) is 22.4 Å². The van der Waals surface area contributed by atoms with Crippen LogP contribution in [0.1, 0.15) is 59.7 Å². The lowest BCUT2D eigenvalue weighted by Gasteiger charge is -2.51. The quantitative estimate of drug-likeness (QED) is 0.191. The molecule has 0 radical (unpaired) electrons. The minimum Gasteiger partial charge on any atom is -0.378 e. The number of halogens is 2. The van der Waals surface area contributed by atoms with E-state index in [2.05, 4.69) is 10.5 Å². The maximum Gasteiger partial charge on any atom is 0.254 e. The van der Waals surface area contributed by atoms with Crippen LogP contribution in [0.25, 0.3) is 22.4 Å². The van der Waals surface area contributed by atoms with Gasteiger partial charge in [0.05, 0.1) is 36.0 Å². The molecule has 5 aliphatic rings. The number of carbonyl (C=O) groups is 2. The molecule has 2 atom stereocenters. The van der Waals surface area contributed by atoms with Crippen LogP contribution in [0.4, 0.5) is 5.69 Å². The van der Waals surface area contributed by atoms with Gasteiger partial charge in [-0.15, -0.1) is 0 Å². The first kappa shape index (κ1) is 31.6. The van der Waals surface area contributed by atoms with Crippen LogP contribution in [0.15, 0.2) is 71.3 Å². The van der Waals surface area contributed by atoms with E-state index in [1.165, 1.54) is 0 Å². The van der Waals surface area contributed by atoms with E-state index < -0.39 is 0 Å². The fourth-order valence-corrected chi connectivity index (χ4v) is 8.27. The average molecular weight is 687 g/mol. The van der Waals surface area contributed by atoms with Gasteiger partial charge >= 0.3 is 0 Å². The lowest BCUT2D eigenvalue weighted by molar-refractivity contribution is -0.142. The highest BCUT2D eigenvalue weighted by Crippen LogP contribution is 2.52. The Morgan fingerprint density at radius 1 is 0.896 bits per heavy atom. The molecule has 2 heterocycles. The largest absolute Gasteiger partial charge is 0.378 e. The van der Waals surface area contributed by atoms with Crippen LogP contribution < -0.4 is 5.32 Å². The highest BCUT2D eigenvalue weighted by atomic mass is 35.5. The molecule has 10 heteroatoms.